The van der Waals surface area contributed by atoms with Crippen molar-refractivity contribution in [1.82, 2.24) is 14.7 Å². The first-order chi connectivity index (χ1) is 12.2. The summed E-state index contributed by atoms with van der Waals surface area (Å²) in [5, 5.41) is 10.3. The van der Waals surface area contributed by atoms with Gasteiger partial charge >= 0.3 is 0 Å². The molecule has 2 fully saturated rings. The zero-order valence-electron chi connectivity index (χ0n) is 15.3. The summed E-state index contributed by atoms with van der Waals surface area (Å²) in [7, 11) is 2.18. The molecule has 2 heterocycles. The predicted molar refractivity (Wildman–Crippen MR) is 104 cm³/mol. The molecule has 2 aliphatic rings. The van der Waals surface area contributed by atoms with Crippen LogP contribution in [0, 0.1) is 0 Å². The normalized spacial score (nSPS) is 22.0. The lowest BCUT2D eigenvalue weighted by Gasteiger charge is -2.32. The van der Waals surface area contributed by atoms with Gasteiger partial charge in [-0.25, -0.2) is 0 Å². The van der Waals surface area contributed by atoms with Crippen LogP contribution in [0.5, 0.6) is 5.75 Å². The quantitative estimate of drug-likeness (QED) is 0.783. The van der Waals surface area contributed by atoms with Gasteiger partial charge in [0.1, 0.15) is 18.5 Å². The number of β-amino-alcohol motifs (C(OH)–C–C–N with tert-alkyl or cyclic N) is 1. The Balaban J connectivity index is 1.48. The fourth-order valence-electron chi connectivity index (χ4n) is 3.34. The fraction of sp³-hybridized carbons (Fsp3) is 0.684. The van der Waals surface area contributed by atoms with Gasteiger partial charge in [0.2, 0.25) is 0 Å². The third kappa shape index (κ3) is 6.15. The van der Waals surface area contributed by atoms with E-state index in [1.807, 2.05) is 23.9 Å². The van der Waals surface area contributed by atoms with E-state index in [1.54, 1.807) is 0 Å². The standard InChI is InChI=1S/C19H31N3O2S/c1-20-6-8-21(9-7-20)14-17-4-2-3-5-19(17)24-16-18(23)15-22-10-12-25-13-11-22/h2-5,18,23H,6-16H2,1H3/t18-/m0/s1. The van der Waals surface area contributed by atoms with Crippen molar-refractivity contribution in [3.05, 3.63) is 29.8 Å². The summed E-state index contributed by atoms with van der Waals surface area (Å²) in [4.78, 5) is 7.18. The van der Waals surface area contributed by atoms with E-state index in [9.17, 15) is 5.11 Å². The number of ether oxygens (including phenoxy) is 1. The Kier molecular flexibility index (Phi) is 7.43. The van der Waals surface area contributed by atoms with Gasteiger partial charge in [-0.2, -0.15) is 11.8 Å². The van der Waals surface area contributed by atoms with Crippen molar-refractivity contribution in [3.63, 3.8) is 0 Å². The summed E-state index contributed by atoms with van der Waals surface area (Å²) in [6.45, 7) is 8.57. The molecular weight excluding hydrogens is 334 g/mol. The molecule has 0 radical (unpaired) electrons. The summed E-state index contributed by atoms with van der Waals surface area (Å²) in [6, 6.07) is 8.24. The molecule has 2 saturated heterocycles. The molecule has 1 N–H and O–H groups in total. The van der Waals surface area contributed by atoms with Crippen LogP contribution in [0.4, 0.5) is 0 Å². The highest BCUT2D eigenvalue weighted by molar-refractivity contribution is 7.99. The van der Waals surface area contributed by atoms with Crippen molar-refractivity contribution >= 4 is 11.8 Å². The number of hydrogen-bond donors (Lipinski definition) is 1. The zero-order chi connectivity index (χ0) is 17.5. The summed E-state index contributed by atoms with van der Waals surface area (Å²) in [5.41, 5.74) is 1.22. The number of thioether (sulfide) groups is 1. The van der Waals surface area contributed by atoms with Crippen LogP contribution in [0.3, 0.4) is 0 Å². The lowest BCUT2D eigenvalue weighted by Crippen LogP contribution is -2.44. The number of benzene rings is 1. The molecule has 3 rings (SSSR count). The molecule has 2 aliphatic heterocycles. The molecule has 6 heteroatoms. The zero-order valence-corrected chi connectivity index (χ0v) is 16.1. The van der Waals surface area contributed by atoms with E-state index in [0.717, 1.165) is 51.6 Å². The van der Waals surface area contributed by atoms with Gasteiger partial charge in [0, 0.05) is 69.4 Å². The average Bonchev–Trinajstić information content (AvgIpc) is 2.64. The van der Waals surface area contributed by atoms with E-state index < -0.39 is 6.10 Å². The lowest BCUT2D eigenvalue weighted by molar-refractivity contribution is 0.0705. The molecule has 1 aromatic carbocycles. The predicted octanol–water partition coefficient (Wildman–Crippen LogP) is 1.22. The van der Waals surface area contributed by atoms with Crippen molar-refractivity contribution in [2.75, 3.05) is 71.0 Å². The Morgan fingerprint density at radius 3 is 2.52 bits per heavy atom. The van der Waals surface area contributed by atoms with Crippen LogP contribution in [0.1, 0.15) is 5.56 Å². The number of aliphatic hydroxyl groups is 1. The summed E-state index contributed by atoms with van der Waals surface area (Å²) in [6.07, 6.45) is -0.431. The third-order valence-corrected chi connectivity index (χ3v) is 5.91. The first-order valence-corrected chi connectivity index (χ1v) is 10.5. The molecule has 140 valence electrons. The molecular formula is C19H31N3O2S. The topological polar surface area (TPSA) is 39.2 Å². The van der Waals surface area contributed by atoms with Crippen LogP contribution in [0.15, 0.2) is 24.3 Å². The molecule has 0 amide bonds. The maximum absolute atomic E-state index is 10.3. The number of hydrogen-bond acceptors (Lipinski definition) is 6. The Labute approximate surface area is 155 Å². The molecule has 0 saturated carbocycles. The third-order valence-electron chi connectivity index (χ3n) is 4.97. The molecule has 1 aromatic rings. The van der Waals surface area contributed by atoms with E-state index >= 15 is 0 Å². The van der Waals surface area contributed by atoms with Crippen molar-refractivity contribution in [1.29, 1.82) is 0 Å². The van der Waals surface area contributed by atoms with E-state index in [4.69, 9.17) is 4.74 Å². The van der Waals surface area contributed by atoms with Crippen LogP contribution in [0.2, 0.25) is 0 Å². The van der Waals surface area contributed by atoms with Crippen LogP contribution < -0.4 is 4.74 Å². The Bertz CT molecular complexity index is 517. The van der Waals surface area contributed by atoms with Crippen molar-refractivity contribution in [2.24, 2.45) is 0 Å². The average molecular weight is 366 g/mol. The van der Waals surface area contributed by atoms with E-state index in [2.05, 4.69) is 33.9 Å². The van der Waals surface area contributed by atoms with Gasteiger partial charge in [0.15, 0.2) is 0 Å². The highest BCUT2D eigenvalue weighted by Crippen LogP contribution is 2.21. The Morgan fingerprint density at radius 2 is 1.76 bits per heavy atom. The molecule has 0 unspecified atom stereocenters. The maximum Gasteiger partial charge on any atom is 0.123 e. The number of para-hydroxylation sites is 1. The van der Waals surface area contributed by atoms with E-state index in [1.165, 1.54) is 17.1 Å². The largest absolute Gasteiger partial charge is 0.491 e. The first kappa shape index (κ1) is 19.0. The SMILES string of the molecule is CN1CCN(Cc2ccccc2OC[C@@H](O)CN2CCSCC2)CC1. The van der Waals surface area contributed by atoms with Gasteiger partial charge < -0.3 is 14.7 Å². The van der Waals surface area contributed by atoms with Gasteiger partial charge in [-0.1, -0.05) is 18.2 Å². The number of nitrogens with zero attached hydrogens (tertiary/aromatic N) is 3. The van der Waals surface area contributed by atoms with Crippen LogP contribution in [0.25, 0.3) is 0 Å². The summed E-state index contributed by atoms with van der Waals surface area (Å²) >= 11 is 1.99. The molecule has 25 heavy (non-hydrogen) atoms. The molecule has 0 spiro atoms. The minimum atomic E-state index is -0.431. The number of aliphatic hydroxyl groups excluding tert-OH is 1. The number of likely N-dealkylation sites (N-methyl/N-ethyl adjacent to an activating group) is 1. The molecule has 0 aromatic heterocycles. The minimum Gasteiger partial charge on any atom is -0.491 e. The maximum atomic E-state index is 10.3. The van der Waals surface area contributed by atoms with Crippen molar-refractivity contribution in [3.8, 4) is 5.75 Å². The van der Waals surface area contributed by atoms with Crippen molar-refractivity contribution < 1.29 is 9.84 Å². The molecule has 0 bridgehead atoms. The van der Waals surface area contributed by atoms with Gasteiger partial charge in [-0.3, -0.25) is 9.80 Å². The number of rotatable bonds is 7. The van der Waals surface area contributed by atoms with E-state index in [-0.39, 0.29) is 0 Å². The van der Waals surface area contributed by atoms with Crippen LogP contribution in [-0.4, -0.2) is 96.9 Å². The lowest BCUT2D eigenvalue weighted by atomic mass is 10.1. The highest BCUT2D eigenvalue weighted by atomic mass is 32.2. The van der Waals surface area contributed by atoms with Gasteiger partial charge in [0.25, 0.3) is 0 Å². The van der Waals surface area contributed by atoms with Gasteiger partial charge in [0.05, 0.1) is 0 Å². The Hall–Kier alpha value is -0.790. The van der Waals surface area contributed by atoms with Gasteiger partial charge in [-0.15, -0.1) is 0 Å². The minimum absolute atomic E-state index is 0.364. The second-order valence-corrected chi connectivity index (χ2v) is 8.29. The second-order valence-electron chi connectivity index (χ2n) is 7.06. The summed E-state index contributed by atoms with van der Waals surface area (Å²) < 4.78 is 5.98. The summed E-state index contributed by atoms with van der Waals surface area (Å²) in [5.74, 6) is 3.25. The van der Waals surface area contributed by atoms with E-state index in [0.29, 0.717) is 13.2 Å². The van der Waals surface area contributed by atoms with Crippen LogP contribution >= 0.6 is 11.8 Å². The Morgan fingerprint density at radius 1 is 1.04 bits per heavy atom. The van der Waals surface area contributed by atoms with Gasteiger partial charge in [-0.05, 0) is 13.1 Å². The monoisotopic (exact) mass is 365 g/mol. The second kappa shape index (κ2) is 9.78. The van der Waals surface area contributed by atoms with Crippen molar-refractivity contribution in [2.45, 2.75) is 12.6 Å². The molecule has 0 aliphatic carbocycles. The first-order valence-electron chi connectivity index (χ1n) is 9.30. The molecule has 5 nitrogen and oxygen atoms in total. The fourth-order valence-corrected chi connectivity index (χ4v) is 4.32. The number of piperazine rings is 1. The van der Waals surface area contributed by atoms with Crippen LogP contribution in [-0.2, 0) is 6.54 Å². The molecule has 1 atom stereocenters. The smallest absolute Gasteiger partial charge is 0.123 e. The highest BCUT2D eigenvalue weighted by Gasteiger charge is 2.18.